The van der Waals surface area contributed by atoms with E-state index in [-0.39, 0.29) is 5.92 Å². The van der Waals surface area contributed by atoms with E-state index in [4.69, 9.17) is 4.84 Å². The summed E-state index contributed by atoms with van der Waals surface area (Å²) in [6.07, 6.45) is 0.983. The zero-order valence-corrected chi connectivity index (χ0v) is 10.7. The van der Waals surface area contributed by atoms with Gasteiger partial charge in [-0.25, -0.2) is 0 Å². The highest BCUT2D eigenvalue weighted by Gasteiger charge is 2.15. The Balaban J connectivity index is 2.41. The van der Waals surface area contributed by atoms with Crippen LogP contribution in [0.4, 0.5) is 0 Å². The van der Waals surface area contributed by atoms with E-state index in [1.807, 2.05) is 37.4 Å². The molecule has 3 heteroatoms. The van der Waals surface area contributed by atoms with E-state index in [1.54, 1.807) is 12.2 Å². The van der Waals surface area contributed by atoms with Crippen molar-refractivity contribution in [2.45, 2.75) is 5.92 Å². The summed E-state index contributed by atoms with van der Waals surface area (Å²) in [5, 5.41) is 3.95. The largest absolute Gasteiger partial charge is 0.303 e. The first-order chi connectivity index (χ1) is 8.76. The van der Waals surface area contributed by atoms with Crippen LogP contribution in [0.5, 0.6) is 0 Å². The van der Waals surface area contributed by atoms with E-state index in [2.05, 4.69) is 12.1 Å². The van der Waals surface area contributed by atoms with Crippen molar-refractivity contribution in [3.63, 3.8) is 0 Å². The Bertz CT molecular complexity index is 534. The maximum Gasteiger partial charge on any atom is 0.128 e. The Hall–Kier alpha value is -1.71. The van der Waals surface area contributed by atoms with Crippen LogP contribution in [0.15, 0.2) is 42.5 Å². The minimum Gasteiger partial charge on any atom is -0.303 e. The summed E-state index contributed by atoms with van der Waals surface area (Å²) in [5.41, 5.74) is 1.05. The summed E-state index contributed by atoms with van der Waals surface area (Å²) in [6, 6.07) is 14.2. The van der Waals surface area contributed by atoms with Crippen LogP contribution in [0.1, 0.15) is 11.5 Å². The van der Waals surface area contributed by atoms with Gasteiger partial charge in [-0.15, -0.1) is 0 Å². The molecule has 1 unspecified atom stereocenters. The summed E-state index contributed by atoms with van der Waals surface area (Å²) >= 11 is 0. The van der Waals surface area contributed by atoms with Gasteiger partial charge in [-0.2, -0.15) is 5.06 Å². The molecule has 0 saturated carbocycles. The molecule has 0 saturated heterocycles. The van der Waals surface area contributed by atoms with E-state index in [1.165, 1.54) is 0 Å². The zero-order valence-electron chi connectivity index (χ0n) is 10.7. The number of likely N-dealkylation sites (N-methyl/N-ethyl adjacent to an activating group) is 1. The molecule has 94 valence electrons. The van der Waals surface area contributed by atoms with Crippen LogP contribution in [0.3, 0.4) is 0 Å². The molecule has 1 atom stereocenters. The van der Waals surface area contributed by atoms with Crippen molar-refractivity contribution in [3.05, 3.63) is 48.0 Å². The van der Waals surface area contributed by atoms with Crippen LogP contribution in [-0.2, 0) is 9.63 Å². The molecule has 0 heterocycles. The van der Waals surface area contributed by atoms with Gasteiger partial charge in [0.05, 0.1) is 13.0 Å². The average molecular weight is 243 g/mol. The Labute approximate surface area is 107 Å². The molecule has 0 N–H and O–H groups in total. The van der Waals surface area contributed by atoms with E-state index in [9.17, 15) is 4.79 Å². The molecule has 0 radical (unpaired) electrons. The van der Waals surface area contributed by atoms with Gasteiger partial charge >= 0.3 is 0 Å². The highest BCUT2D eigenvalue weighted by Crippen LogP contribution is 2.25. The van der Waals surface area contributed by atoms with Crippen molar-refractivity contribution in [1.82, 2.24) is 5.06 Å². The number of hydrogen-bond acceptors (Lipinski definition) is 3. The topological polar surface area (TPSA) is 29.5 Å². The smallest absolute Gasteiger partial charge is 0.128 e. The number of hydrogen-bond donors (Lipinski definition) is 0. The molecule has 0 aliphatic carbocycles. The van der Waals surface area contributed by atoms with Crippen LogP contribution in [0.25, 0.3) is 10.8 Å². The van der Waals surface area contributed by atoms with Gasteiger partial charge in [0, 0.05) is 13.6 Å². The highest BCUT2D eigenvalue weighted by atomic mass is 16.7. The zero-order chi connectivity index (χ0) is 13.0. The molecule has 0 fully saturated rings. The Morgan fingerprint density at radius 1 is 1.22 bits per heavy atom. The van der Waals surface area contributed by atoms with Crippen LogP contribution in [0.2, 0.25) is 0 Å². The van der Waals surface area contributed by atoms with E-state index in [0.29, 0.717) is 6.54 Å². The first kappa shape index (κ1) is 12.7. The monoisotopic (exact) mass is 243 g/mol. The molecule has 0 spiro atoms. The average Bonchev–Trinajstić information content (AvgIpc) is 2.44. The minimum atomic E-state index is -0.180. The van der Waals surface area contributed by atoms with Gasteiger partial charge in [0.15, 0.2) is 0 Å². The second-order valence-electron chi connectivity index (χ2n) is 4.30. The summed E-state index contributed by atoms with van der Waals surface area (Å²) in [6.45, 7) is 0.550. The van der Waals surface area contributed by atoms with E-state index in [0.717, 1.165) is 22.6 Å². The number of hydroxylamine groups is 2. The standard InChI is InChI=1S/C15H17NO2/c1-16(18-2)10-13(11-17)15-9-5-7-12-6-3-4-8-14(12)15/h3-9,11,13H,10H2,1-2H3. The fourth-order valence-electron chi connectivity index (χ4n) is 2.14. The molecule has 0 amide bonds. The molecule has 0 aliphatic heterocycles. The molecule has 0 bridgehead atoms. The fourth-order valence-corrected chi connectivity index (χ4v) is 2.14. The molecule has 2 rings (SSSR count). The van der Waals surface area contributed by atoms with Gasteiger partial charge < -0.3 is 9.63 Å². The van der Waals surface area contributed by atoms with Crippen LogP contribution >= 0.6 is 0 Å². The molecule has 2 aromatic rings. The number of fused-ring (bicyclic) bond motifs is 1. The SMILES string of the molecule is CON(C)CC(C=O)c1cccc2ccccc12. The lowest BCUT2D eigenvalue weighted by atomic mass is 9.94. The Kier molecular flexibility index (Phi) is 4.07. The van der Waals surface area contributed by atoms with Crippen molar-refractivity contribution < 1.29 is 9.63 Å². The molecule has 2 aromatic carbocycles. The van der Waals surface area contributed by atoms with Gasteiger partial charge in [0.1, 0.15) is 6.29 Å². The number of nitrogens with zero attached hydrogens (tertiary/aromatic N) is 1. The van der Waals surface area contributed by atoms with Crippen molar-refractivity contribution >= 4 is 17.1 Å². The summed E-state index contributed by atoms with van der Waals surface area (Å²) in [7, 11) is 3.42. The number of carbonyl (C=O) groups excluding carboxylic acids is 1. The van der Waals surface area contributed by atoms with Gasteiger partial charge in [0.25, 0.3) is 0 Å². The molecule has 0 aliphatic rings. The van der Waals surface area contributed by atoms with E-state index < -0.39 is 0 Å². The molecule has 0 aromatic heterocycles. The minimum absolute atomic E-state index is 0.180. The maximum absolute atomic E-state index is 11.3. The lowest BCUT2D eigenvalue weighted by Gasteiger charge is -2.19. The first-order valence-corrected chi connectivity index (χ1v) is 5.94. The van der Waals surface area contributed by atoms with E-state index >= 15 is 0 Å². The predicted octanol–water partition coefficient (Wildman–Crippen LogP) is 2.62. The van der Waals surface area contributed by atoms with Crippen molar-refractivity contribution in [2.75, 3.05) is 20.7 Å². The Morgan fingerprint density at radius 3 is 2.67 bits per heavy atom. The summed E-state index contributed by atoms with van der Waals surface area (Å²) < 4.78 is 0. The molecular formula is C15H17NO2. The van der Waals surface area contributed by atoms with Crippen LogP contribution < -0.4 is 0 Å². The van der Waals surface area contributed by atoms with Gasteiger partial charge in [-0.05, 0) is 16.3 Å². The van der Waals surface area contributed by atoms with Crippen LogP contribution in [0, 0.1) is 0 Å². The van der Waals surface area contributed by atoms with Crippen molar-refractivity contribution in [1.29, 1.82) is 0 Å². The third-order valence-electron chi connectivity index (χ3n) is 3.15. The lowest BCUT2D eigenvalue weighted by Crippen LogP contribution is -2.24. The maximum atomic E-state index is 11.3. The quantitative estimate of drug-likeness (QED) is 0.597. The number of carbonyl (C=O) groups is 1. The van der Waals surface area contributed by atoms with Crippen molar-refractivity contribution in [2.24, 2.45) is 0 Å². The summed E-state index contributed by atoms with van der Waals surface area (Å²) in [4.78, 5) is 16.4. The van der Waals surface area contributed by atoms with Gasteiger partial charge in [0.2, 0.25) is 0 Å². The molecule has 18 heavy (non-hydrogen) atoms. The van der Waals surface area contributed by atoms with Gasteiger partial charge in [-0.1, -0.05) is 42.5 Å². The predicted molar refractivity (Wildman–Crippen MR) is 72.4 cm³/mol. The fraction of sp³-hybridized carbons (Fsp3) is 0.267. The number of benzene rings is 2. The molecule has 3 nitrogen and oxygen atoms in total. The van der Waals surface area contributed by atoms with Crippen molar-refractivity contribution in [3.8, 4) is 0 Å². The third kappa shape index (κ3) is 2.58. The van der Waals surface area contributed by atoms with Crippen LogP contribution in [-0.4, -0.2) is 32.1 Å². The van der Waals surface area contributed by atoms with Gasteiger partial charge in [-0.3, -0.25) is 0 Å². The second kappa shape index (κ2) is 5.76. The summed E-state index contributed by atoms with van der Waals surface area (Å²) in [5.74, 6) is -0.180. The normalized spacial score (nSPS) is 12.8. The highest BCUT2D eigenvalue weighted by molar-refractivity contribution is 5.88. The number of rotatable bonds is 5. The Morgan fingerprint density at radius 2 is 1.94 bits per heavy atom. The molecular weight excluding hydrogens is 226 g/mol. The first-order valence-electron chi connectivity index (χ1n) is 5.94. The number of aldehydes is 1. The lowest BCUT2D eigenvalue weighted by molar-refractivity contribution is -0.123. The second-order valence-corrected chi connectivity index (χ2v) is 4.30. The third-order valence-corrected chi connectivity index (χ3v) is 3.15.